The molecule has 0 fully saturated rings. The lowest BCUT2D eigenvalue weighted by molar-refractivity contribution is -0.140. The van der Waals surface area contributed by atoms with E-state index in [9.17, 15) is 13.6 Å². The normalized spacial score (nSPS) is 15.7. The number of hydrogen-bond donors (Lipinski definition) is 2. The van der Waals surface area contributed by atoms with Crippen LogP contribution in [0.3, 0.4) is 0 Å². The molecule has 6 heteroatoms. The van der Waals surface area contributed by atoms with Gasteiger partial charge in [-0.2, -0.15) is 0 Å². The standard InChI is InChI=1S/C7H15NO4S/c1-3-5(4-2)6(7(9)10)8-13(11)12/h5-6,8H,3-4H2,1-2H3,(H,9,10)(H,11,12)/p-1/t6-/m0/s1. The van der Waals surface area contributed by atoms with Crippen molar-refractivity contribution in [3.8, 4) is 0 Å². The summed E-state index contributed by atoms with van der Waals surface area (Å²) >= 11 is -2.52. The van der Waals surface area contributed by atoms with Crippen molar-refractivity contribution in [1.29, 1.82) is 0 Å². The number of nitrogens with one attached hydrogen (secondary N) is 1. The van der Waals surface area contributed by atoms with Crippen molar-refractivity contribution in [2.75, 3.05) is 0 Å². The lowest BCUT2D eigenvalue weighted by atomic mass is 9.95. The first-order valence-electron chi connectivity index (χ1n) is 4.11. The van der Waals surface area contributed by atoms with Crippen LogP contribution in [-0.4, -0.2) is 25.9 Å². The van der Waals surface area contributed by atoms with Gasteiger partial charge in [-0.15, -0.1) is 0 Å². The maximum absolute atomic E-state index is 10.7. The number of carboxylic acids is 1. The Morgan fingerprint density at radius 1 is 1.54 bits per heavy atom. The summed E-state index contributed by atoms with van der Waals surface area (Å²) in [6.45, 7) is 3.67. The molecule has 0 spiro atoms. The predicted octanol–water partition coefficient (Wildman–Crippen LogP) is 0.260. The largest absolute Gasteiger partial charge is 0.760 e. The third-order valence-electron chi connectivity index (χ3n) is 2.01. The molecule has 0 amide bonds. The molecule has 0 aromatic carbocycles. The van der Waals surface area contributed by atoms with Crippen LogP contribution >= 0.6 is 0 Å². The second-order valence-electron chi connectivity index (χ2n) is 2.75. The fraction of sp³-hybridized carbons (Fsp3) is 0.857. The first kappa shape index (κ1) is 12.5. The van der Waals surface area contributed by atoms with E-state index in [0.29, 0.717) is 12.8 Å². The monoisotopic (exact) mass is 208 g/mol. The van der Waals surface area contributed by atoms with Gasteiger partial charge in [-0.1, -0.05) is 26.7 Å². The minimum atomic E-state index is -2.52. The maximum Gasteiger partial charge on any atom is 0.321 e. The molecule has 0 aromatic heterocycles. The van der Waals surface area contributed by atoms with Gasteiger partial charge < -0.3 is 9.66 Å². The maximum atomic E-state index is 10.7. The van der Waals surface area contributed by atoms with E-state index in [-0.39, 0.29) is 5.92 Å². The van der Waals surface area contributed by atoms with Gasteiger partial charge in [0.2, 0.25) is 0 Å². The van der Waals surface area contributed by atoms with Gasteiger partial charge in [0.25, 0.3) is 0 Å². The van der Waals surface area contributed by atoms with Gasteiger partial charge in [-0.3, -0.25) is 9.00 Å². The molecule has 2 atom stereocenters. The molecule has 0 heterocycles. The summed E-state index contributed by atoms with van der Waals surface area (Å²) in [6, 6.07) is -1.01. The van der Waals surface area contributed by atoms with Gasteiger partial charge in [0, 0.05) is 11.3 Å². The van der Waals surface area contributed by atoms with E-state index in [1.54, 1.807) is 0 Å². The van der Waals surface area contributed by atoms with Crippen LogP contribution in [0.15, 0.2) is 0 Å². The molecule has 0 aromatic rings. The Hall–Kier alpha value is -0.460. The van der Waals surface area contributed by atoms with Crippen LogP contribution in [0.25, 0.3) is 0 Å². The third-order valence-corrected chi connectivity index (χ3v) is 2.46. The second-order valence-corrected chi connectivity index (χ2v) is 3.45. The molecule has 0 saturated heterocycles. The van der Waals surface area contributed by atoms with Gasteiger partial charge in [-0.05, 0) is 5.92 Å². The van der Waals surface area contributed by atoms with Gasteiger partial charge in [-0.25, -0.2) is 4.72 Å². The first-order chi connectivity index (χ1) is 6.02. The molecule has 5 nitrogen and oxygen atoms in total. The minimum Gasteiger partial charge on any atom is -0.760 e. The molecule has 78 valence electrons. The van der Waals surface area contributed by atoms with Gasteiger partial charge in [0.05, 0.1) is 0 Å². The van der Waals surface area contributed by atoms with E-state index in [0.717, 1.165) is 0 Å². The molecular weight excluding hydrogens is 194 g/mol. The molecule has 0 aliphatic rings. The van der Waals surface area contributed by atoms with Crippen molar-refractivity contribution < 1.29 is 18.7 Å². The Labute approximate surface area is 79.9 Å². The Morgan fingerprint density at radius 3 is 2.23 bits per heavy atom. The van der Waals surface area contributed by atoms with Crippen LogP contribution in [0, 0.1) is 5.92 Å². The van der Waals surface area contributed by atoms with Crippen LogP contribution in [0.5, 0.6) is 0 Å². The highest BCUT2D eigenvalue weighted by Crippen LogP contribution is 2.13. The Balaban J connectivity index is 4.38. The zero-order valence-corrected chi connectivity index (χ0v) is 8.47. The number of rotatable bonds is 6. The summed E-state index contributed by atoms with van der Waals surface area (Å²) in [6.07, 6.45) is 1.27. The number of carbonyl (C=O) groups is 1. The summed E-state index contributed by atoms with van der Waals surface area (Å²) in [5.41, 5.74) is 0. The van der Waals surface area contributed by atoms with Crippen molar-refractivity contribution >= 4 is 17.2 Å². The molecule has 0 radical (unpaired) electrons. The molecule has 1 unspecified atom stereocenters. The Kier molecular flexibility index (Phi) is 5.85. The highest BCUT2D eigenvalue weighted by Gasteiger charge is 2.25. The molecule has 0 rings (SSSR count). The van der Waals surface area contributed by atoms with Crippen molar-refractivity contribution in [3.63, 3.8) is 0 Å². The number of aliphatic carboxylic acids is 1. The second kappa shape index (κ2) is 6.06. The number of hydrogen-bond acceptors (Lipinski definition) is 3. The lowest BCUT2D eigenvalue weighted by Gasteiger charge is -2.23. The summed E-state index contributed by atoms with van der Waals surface area (Å²) in [5, 5.41) is 8.72. The highest BCUT2D eigenvalue weighted by molar-refractivity contribution is 7.77. The average Bonchev–Trinajstić information content (AvgIpc) is 2.04. The van der Waals surface area contributed by atoms with Crippen LogP contribution in [0.1, 0.15) is 26.7 Å². The summed E-state index contributed by atoms with van der Waals surface area (Å²) in [4.78, 5) is 10.7. The van der Waals surface area contributed by atoms with E-state index in [1.165, 1.54) is 0 Å². The third kappa shape index (κ3) is 4.35. The van der Waals surface area contributed by atoms with Crippen molar-refractivity contribution in [2.24, 2.45) is 5.92 Å². The van der Waals surface area contributed by atoms with E-state index in [2.05, 4.69) is 0 Å². The lowest BCUT2D eigenvalue weighted by Crippen LogP contribution is -2.43. The first-order valence-corrected chi connectivity index (χ1v) is 5.18. The molecule has 0 bridgehead atoms. The van der Waals surface area contributed by atoms with Crippen LogP contribution in [0.2, 0.25) is 0 Å². The SMILES string of the molecule is CCC(CC)[C@H](NS(=O)[O-])C(=O)O. The van der Waals surface area contributed by atoms with Crippen LogP contribution in [-0.2, 0) is 16.1 Å². The van der Waals surface area contributed by atoms with E-state index >= 15 is 0 Å². The zero-order chi connectivity index (χ0) is 10.4. The van der Waals surface area contributed by atoms with Crippen LogP contribution < -0.4 is 4.72 Å². The molecule has 2 N–H and O–H groups in total. The summed E-state index contributed by atoms with van der Waals surface area (Å²) in [7, 11) is 0. The van der Waals surface area contributed by atoms with Crippen molar-refractivity contribution in [2.45, 2.75) is 32.7 Å². The summed E-state index contributed by atoms with van der Waals surface area (Å²) < 4.78 is 22.6. The van der Waals surface area contributed by atoms with Crippen molar-refractivity contribution in [1.82, 2.24) is 4.72 Å². The van der Waals surface area contributed by atoms with E-state index in [1.807, 2.05) is 18.6 Å². The Bertz CT molecular complexity index is 193. The smallest absolute Gasteiger partial charge is 0.321 e. The van der Waals surface area contributed by atoms with Crippen LogP contribution in [0.4, 0.5) is 0 Å². The predicted molar refractivity (Wildman–Crippen MR) is 47.6 cm³/mol. The molecule has 13 heavy (non-hydrogen) atoms. The fourth-order valence-corrected chi connectivity index (χ4v) is 1.71. The Morgan fingerprint density at radius 2 is 2.00 bits per heavy atom. The number of carboxylic acid groups (broad SMARTS) is 1. The quantitative estimate of drug-likeness (QED) is 0.613. The van der Waals surface area contributed by atoms with E-state index in [4.69, 9.17) is 5.11 Å². The van der Waals surface area contributed by atoms with Crippen molar-refractivity contribution in [3.05, 3.63) is 0 Å². The highest BCUT2D eigenvalue weighted by atomic mass is 32.2. The summed E-state index contributed by atoms with van der Waals surface area (Å²) in [5.74, 6) is -1.28. The van der Waals surface area contributed by atoms with Gasteiger partial charge in [0.15, 0.2) is 0 Å². The molecular formula is C7H14NO4S-. The van der Waals surface area contributed by atoms with Gasteiger partial charge >= 0.3 is 5.97 Å². The molecule has 0 aliphatic carbocycles. The minimum absolute atomic E-state index is 0.157. The topological polar surface area (TPSA) is 89.5 Å². The fourth-order valence-electron chi connectivity index (χ4n) is 1.21. The average molecular weight is 208 g/mol. The molecule has 0 saturated carbocycles. The zero-order valence-electron chi connectivity index (χ0n) is 7.65. The van der Waals surface area contributed by atoms with E-state index < -0.39 is 23.3 Å². The molecule has 0 aliphatic heterocycles. The van der Waals surface area contributed by atoms with Gasteiger partial charge in [0.1, 0.15) is 6.04 Å².